The number of nitrogens with one attached hydrogen (secondary N) is 1. The minimum atomic E-state index is -3.83. The zero-order chi connectivity index (χ0) is 13.3. The first-order valence-corrected chi connectivity index (χ1v) is 6.56. The summed E-state index contributed by atoms with van der Waals surface area (Å²) in [6.07, 6.45) is 2.28. The lowest BCUT2D eigenvalue weighted by atomic mass is 10.3. The quantitative estimate of drug-likeness (QED) is 0.850. The molecule has 0 aliphatic rings. The van der Waals surface area contributed by atoms with Gasteiger partial charge in [-0.1, -0.05) is 11.6 Å². The monoisotopic (exact) mass is 290 g/mol. The van der Waals surface area contributed by atoms with Crippen LogP contribution in [0.1, 0.15) is 0 Å². The summed E-state index contributed by atoms with van der Waals surface area (Å²) in [4.78, 5) is -0.0681. The molecule has 0 amide bonds. The molecule has 0 unspecified atom stereocenters. The molecule has 1 aromatic carbocycles. The van der Waals surface area contributed by atoms with E-state index in [1.807, 2.05) is 0 Å². The van der Waals surface area contributed by atoms with Crippen molar-refractivity contribution in [2.45, 2.75) is 4.90 Å². The molecule has 5 nitrogen and oxygen atoms in total. The van der Waals surface area contributed by atoms with Crippen LogP contribution in [0.2, 0.25) is 5.02 Å². The Morgan fingerprint density at radius 3 is 2.67 bits per heavy atom. The maximum absolute atomic E-state index is 13.1. The van der Waals surface area contributed by atoms with Crippen molar-refractivity contribution >= 4 is 33.0 Å². The van der Waals surface area contributed by atoms with Gasteiger partial charge in [0.05, 0.1) is 22.7 Å². The van der Waals surface area contributed by atoms with Gasteiger partial charge in [-0.15, -0.1) is 0 Å². The minimum absolute atomic E-state index is 0.00299. The predicted octanol–water partition coefficient (Wildman–Crippen LogP) is 2.46. The highest BCUT2D eigenvalue weighted by molar-refractivity contribution is 7.92. The largest absolute Gasteiger partial charge is 0.471 e. The molecule has 3 N–H and O–H groups in total. The van der Waals surface area contributed by atoms with Crippen molar-refractivity contribution in [1.82, 2.24) is 0 Å². The van der Waals surface area contributed by atoms with E-state index in [4.69, 9.17) is 17.3 Å². The van der Waals surface area contributed by atoms with Crippen molar-refractivity contribution in [3.63, 3.8) is 0 Å². The summed E-state index contributed by atoms with van der Waals surface area (Å²) in [5, 5.41) is -0.193. The zero-order valence-electron chi connectivity index (χ0n) is 8.85. The van der Waals surface area contributed by atoms with E-state index >= 15 is 0 Å². The second kappa shape index (κ2) is 4.51. The van der Waals surface area contributed by atoms with Crippen molar-refractivity contribution in [3.05, 3.63) is 41.6 Å². The number of furan rings is 1. The van der Waals surface area contributed by atoms with Gasteiger partial charge in [-0.2, -0.15) is 0 Å². The van der Waals surface area contributed by atoms with Crippen LogP contribution in [0.5, 0.6) is 0 Å². The number of nitrogen functional groups attached to an aromatic ring is 1. The van der Waals surface area contributed by atoms with E-state index in [-0.39, 0.29) is 21.3 Å². The number of hydrogen-bond donors (Lipinski definition) is 2. The molecule has 0 fully saturated rings. The van der Waals surface area contributed by atoms with E-state index < -0.39 is 15.8 Å². The highest BCUT2D eigenvalue weighted by atomic mass is 35.5. The molecule has 0 radical (unpaired) electrons. The summed E-state index contributed by atoms with van der Waals surface area (Å²) in [5.41, 5.74) is 5.04. The normalized spacial score (nSPS) is 11.4. The topological polar surface area (TPSA) is 85.3 Å². The Morgan fingerprint density at radius 1 is 1.33 bits per heavy atom. The van der Waals surface area contributed by atoms with Gasteiger partial charge in [0.2, 0.25) is 0 Å². The maximum atomic E-state index is 13.1. The second-order valence-corrected chi connectivity index (χ2v) is 5.45. The van der Waals surface area contributed by atoms with Crippen molar-refractivity contribution in [3.8, 4) is 0 Å². The number of sulfonamides is 1. The molecule has 0 bridgehead atoms. The van der Waals surface area contributed by atoms with Crippen LogP contribution >= 0.6 is 11.6 Å². The first-order valence-electron chi connectivity index (χ1n) is 4.70. The van der Waals surface area contributed by atoms with Crippen LogP contribution in [-0.4, -0.2) is 8.42 Å². The predicted molar refractivity (Wildman–Crippen MR) is 65.3 cm³/mol. The molecular weight excluding hydrogens is 283 g/mol. The third kappa shape index (κ3) is 2.27. The molecule has 0 aliphatic carbocycles. The maximum Gasteiger partial charge on any atom is 0.265 e. The average Bonchev–Trinajstić information content (AvgIpc) is 2.84. The van der Waals surface area contributed by atoms with Crippen LogP contribution in [0, 0.1) is 5.82 Å². The van der Waals surface area contributed by atoms with Crippen molar-refractivity contribution in [2.75, 3.05) is 10.5 Å². The smallest absolute Gasteiger partial charge is 0.265 e. The van der Waals surface area contributed by atoms with Gasteiger partial charge in [0.25, 0.3) is 10.0 Å². The van der Waals surface area contributed by atoms with E-state index in [2.05, 4.69) is 9.14 Å². The highest BCUT2D eigenvalue weighted by Crippen LogP contribution is 2.31. The molecule has 0 saturated heterocycles. The van der Waals surface area contributed by atoms with E-state index in [1.54, 1.807) is 0 Å². The van der Waals surface area contributed by atoms with Gasteiger partial charge in [0, 0.05) is 0 Å². The number of benzene rings is 1. The van der Waals surface area contributed by atoms with Crippen LogP contribution in [0.15, 0.2) is 40.0 Å². The van der Waals surface area contributed by atoms with Gasteiger partial charge in [0.15, 0.2) is 0 Å². The molecule has 0 atom stereocenters. The molecule has 0 aliphatic heterocycles. The van der Waals surface area contributed by atoms with Gasteiger partial charge >= 0.3 is 0 Å². The van der Waals surface area contributed by atoms with Gasteiger partial charge in [-0.3, -0.25) is 4.72 Å². The molecular formula is C10H8ClFN2O3S. The van der Waals surface area contributed by atoms with Crippen molar-refractivity contribution < 1.29 is 17.2 Å². The summed E-state index contributed by atoms with van der Waals surface area (Å²) >= 11 is 5.75. The summed E-state index contributed by atoms with van der Waals surface area (Å²) in [5.74, 6) is -0.716. The molecule has 2 rings (SSSR count). The Labute approximate surface area is 107 Å². The Bertz CT molecular complexity index is 671. The third-order valence-electron chi connectivity index (χ3n) is 2.18. The lowest BCUT2D eigenvalue weighted by Gasteiger charge is -2.09. The molecule has 96 valence electrons. The van der Waals surface area contributed by atoms with Crippen LogP contribution in [0.25, 0.3) is 0 Å². The molecule has 1 aromatic heterocycles. The van der Waals surface area contributed by atoms with Gasteiger partial charge in [-0.05, 0) is 18.2 Å². The molecule has 18 heavy (non-hydrogen) atoms. The van der Waals surface area contributed by atoms with E-state index in [9.17, 15) is 12.8 Å². The van der Waals surface area contributed by atoms with E-state index in [1.165, 1.54) is 18.4 Å². The van der Waals surface area contributed by atoms with Gasteiger partial charge in [0.1, 0.15) is 17.0 Å². The van der Waals surface area contributed by atoms with Crippen molar-refractivity contribution in [2.24, 2.45) is 0 Å². The van der Waals surface area contributed by atoms with Crippen LogP contribution < -0.4 is 10.5 Å². The summed E-state index contributed by atoms with van der Waals surface area (Å²) in [6, 6.07) is 3.48. The first-order chi connectivity index (χ1) is 8.42. The molecule has 1 heterocycles. The zero-order valence-corrected chi connectivity index (χ0v) is 10.4. The number of rotatable bonds is 3. The number of hydrogen-bond acceptors (Lipinski definition) is 4. The van der Waals surface area contributed by atoms with E-state index in [0.29, 0.717) is 0 Å². The van der Waals surface area contributed by atoms with Crippen LogP contribution in [0.3, 0.4) is 0 Å². The lowest BCUT2D eigenvalue weighted by molar-refractivity contribution is 0.557. The third-order valence-corrected chi connectivity index (χ3v) is 3.93. The summed E-state index contributed by atoms with van der Waals surface area (Å²) in [6.45, 7) is 0. The molecule has 8 heteroatoms. The molecule has 0 spiro atoms. The van der Waals surface area contributed by atoms with Crippen LogP contribution in [0.4, 0.5) is 15.8 Å². The number of nitrogens with two attached hydrogens (primary N) is 1. The fourth-order valence-corrected chi connectivity index (χ4v) is 2.51. The Kier molecular flexibility index (Phi) is 3.18. The SMILES string of the molecule is Nc1c(F)ccc(NS(=O)(=O)c2ccoc2)c1Cl. The average molecular weight is 291 g/mol. The molecule has 2 aromatic rings. The van der Waals surface area contributed by atoms with Gasteiger partial charge < -0.3 is 10.2 Å². The highest BCUT2D eigenvalue weighted by Gasteiger charge is 2.18. The Morgan fingerprint density at radius 2 is 2.06 bits per heavy atom. The van der Waals surface area contributed by atoms with Crippen LogP contribution in [-0.2, 0) is 10.0 Å². The summed E-state index contributed by atoms with van der Waals surface area (Å²) in [7, 11) is -3.83. The Balaban J connectivity index is 2.39. The van der Waals surface area contributed by atoms with Crippen molar-refractivity contribution in [1.29, 1.82) is 0 Å². The fourth-order valence-electron chi connectivity index (χ4n) is 1.26. The first kappa shape index (κ1) is 12.7. The van der Waals surface area contributed by atoms with E-state index in [0.717, 1.165) is 12.3 Å². The Hall–Kier alpha value is -1.73. The fraction of sp³-hybridized carbons (Fsp3) is 0. The second-order valence-electron chi connectivity index (χ2n) is 3.39. The number of anilines is 2. The lowest BCUT2D eigenvalue weighted by Crippen LogP contribution is -2.13. The molecule has 0 saturated carbocycles. The minimum Gasteiger partial charge on any atom is -0.471 e. The number of halogens is 2. The summed E-state index contributed by atoms with van der Waals surface area (Å²) < 4.78 is 43.6. The standard InChI is InChI=1S/C10H8ClFN2O3S/c11-9-8(2-1-7(12)10(9)13)14-18(15,16)6-3-4-17-5-6/h1-5,14H,13H2. The van der Waals surface area contributed by atoms with Gasteiger partial charge in [-0.25, -0.2) is 12.8 Å².